The maximum atomic E-state index is 10.1. The normalized spacial score (nSPS) is 12.7. The number of aliphatic carboxylic acids is 1. The number of allylic oxidation sites excluding steroid dienone is 3. The Labute approximate surface area is 63.9 Å². The molecule has 0 heterocycles. The number of rotatable bonds is 3. The van der Waals surface area contributed by atoms with Crippen LogP contribution in [-0.2, 0) is 4.79 Å². The summed E-state index contributed by atoms with van der Waals surface area (Å²) in [5.41, 5.74) is 4.36. The Morgan fingerprint density at radius 1 is 1.45 bits per heavy atom. The molecule has 0 aliphatic heterocycles. The van der Waals surface area contributed by atoms with Crippen LogP contribution in [0.1, 0.15) is 0 Å². The van der Waals surface area contributed by atoms with E-state index in [1.165, 1.54) is 12.2 Å². The predicted octanol–water partition coefficient (Wildman–Crippen LogP) is 0.541. The molecule has 0 rings (SSSR count). The van der Waals surface area contributed by atoms with Crippen LogP contribution in [0.2, 0.25) is 0 Å². The lowest BCUT2D eigenvalue weighted by Gasteiger charge is -1.94. The van der Waals surface area contributed by atoms with Crippen molar-refractivity contribution in [2.45, 2.75) is 0 Å². The molecule has 60 valence electrons. The Kier molecular flexibility index (Phi) is 3.51. The first-order valence-electron chi connectivity index (χ1n) is 2.80. The van der Waals surface area contributed by atoms with Gasteiger partial charge in [0.2, 0.25) is 0 Å². The van der Waals surface area contributed by atoms with Crippen molar-refractivity contribution in [1.82, 2.24) is 0 Å². The quantitative estimate of drug-likeness (QED) is 0.315. The van der Waals surface area contributed by atoms with E-state index < -0.39 is 17.4 Å². The minimum absolute atomic E-state index is 0.475. The van der Waals surface area contributed by atoms with Gasteiger partial charge in [-0.05, 0) is 6.08 Å². The Balaban J connectivity index is 4.52. The van der Waals surface area contributed by atoms with Gasteiger partial charge in [-0.1, -0.05) is 18.7 Å². The molecule has 4 N–H and O–H groups in total. The highest BCUT2D eigenvalue weighted by Gasteiger charge is 2.05. The van der Waals surface area contributed by atoms with E-state index in [-0.39, 0.29) is 0 Å². The van der Waals surface area contributed by atoms with Gasteiger partial charge in [-0.15, -0.1) is 0 Å². The van der Waals surface area contributed by atoms with Crippen LogP contribution in [-0.4, -0.2) is 16.2 Å². The SMILES string of the molecule is C=C/C=C\C(O)=C(/N)C(=O)O. The third-order valence-electron chi connectivity index (χ3n) is 0.897. The van der Waals surface area contributed by atoms with E-state index in [4.69, 9.17) is 15.9 Å². The molecule has 4 heteroatoms. The van der Waals surface area contributed by atoms with Gasteiger partial charge in [0, 0.05) is 0 Å². The van der Waals surface area contributed by atoms with Gasteiger partial charge in [0.05, 0.1) is 0 Å². The molecule has 0 amide bonds. The van der Waals surface area contributed by atoms with Gasteiger partial charge in [-0.25, -0.2) is 4.79 Å². The van der Waals surface area contributed by atoms with Crippen LogP contribution in [0.5, 0.6) is 0 Å². The second kappa shape index (κ2) is 4.16. The van der Waals surface area contributed by atoms with Crippen molar-refractivity contribution in [1.29, 1.82) is 0 Å². The minimum Gasteiger partial charge on any atom is -0.506 e. The zero-order chi connectivity index (χ0) is 8.85. The number of hydrogen-bond donors (Lipinski definition) is 3. The molecule has 0 spiro atoms. The van der Waals surface area contributed by atoms with Gasteiger partial charge >= 0.3 is 5.97 Å². The number of carboxylic acid groups (broad SMARTS) is 1. The number of carboxylic acids is 1. The third kappa shape index (κ3) is 3.10. The summed E-state index contributed by atoms with van der Waals surface area (Å²) < 4.78 is 0. The van der Waals surface area contributed by atoms with Crippen molar-refractivity contribution in [2.75, 3.05) is 0 Å². The van der Waals surface area contributed by atoms with Gasteiger partial charge in [0.25, 0.3) is 0 Å². The van der Waals surface area contributed by atoms with E-state index in [0.717, 1.165) is 6.08 Å². The highest BCUT2D eigenvalue weighted by Crippen LogP contribution is 1.96. The summed E-state index contributed by atoms with van der Waals surface area (Å²) in [4.78, 5) is 10.1. The van der Waals surface area contributed by atoms with Crippen molar-refractivity contribution in [3.05, 3.63) is 36.3 Å². The minimum atomic E-state index is -1.35. The zero-order valence-electron chi connectivity index (χ0n) is 5.82. The molecule has 0 bridgehead atoms. The molecular weight excluding hydrogens is 146 g/mol. The zero-order valence-corrected chi connectivity index (χ0v) is 5.82. The summed E-state index contributed by atoms with van der Waals surface area (Å²) in [7, 11) is 0. The molecule has 0 fully saturated rings. The van der Waals surface area contributed by atoms with Gasteiger partial charge < -0.3 is 15.9 Å². The number of hydrogen-bond acceptors (Lipinski definition) is 3. The van der Waals surface area contributed by atoms with Gasteiger partial charge in [0.15, 0.2) is 5.70 Å². The van der Waals surface area contributed by atoms with Crippen molar-refractivity contribution in [3.63, 3.8) is 0 Å². The fraction of sp³-hybridized carbons (Fsp3) is 0. The smallest absolute Gasteiger partial charge is 0.355 e. The van der Waals surface area contributed by atoms with E-state index in [1.54, 1.807) is 0 Å². The molecule has 0 aliphatic carbocycles. The van der Waals surface area contributed by atoms with Crippen LogP contribution in [0.4, 0.5) is 0 Å². The molecule has 0 unspecified atom stereocenters. The first-order valence-corrected chi connectivity index (χ1v) is 2.80. The summed E-state index contributed by atoms with van der Waals surface area (Å²) in [6.45, 7) is 3.33. The van der Waals surface area contributed by atoms with Crippen LogP contribution in [0.25, 0.3) is 0 Å². The molecule has 4 nitrogen and oxygen atoms in total. The van der Waals surface area contributed by atoms with Crippen molar-refractivity contribution >= 4 is 5.97 Å². The Hall–Kier alpha value is -1.71. The molecule has 0 radical (unpaired) electrons. The fourth-order valence-electron chi connectivity index (χ4n) is 0.359. The number of nitrogens with two attached hydrogens (primary N) is 1. The highest BCUT2D eigenvalue weighted by molar-refractivity contribution is 5.86. The van der Waals surface area contributed by atoms with Crippen molar-refractivity contribution in [2.24, 2.45) is 5.73 Å². The van der Waals surface area contributed by atoms with E-state index >= 15 is 0 Å². The standard InChI is InChI=1S/C7H9NO3/c1-2-3-4-5(9)6(8)7(10)11/h2-4,9H,1,8H2,(H,10,11)/b4-3-,6-5+. The largest absolute Gasteiger partial charge is 0.506 e. The van der Waals surface area contributed by atoms with E-state index in [0.29, 0.717) is 0 Å². The maximum Gasteiger partial charge on any atom is 0.355 e. The van der Waals surface area contributed by atoms with Gasteiger partial charge in [-0.2, -0.15) is 0 Å². The summed E-state index contributed by atoms with van der Waals surface area (Å²) in [5, 5.41) is 17.1. The van der Waals surface area contributed by atoms with Gasteiger partial charge in [0.1, 0.15) is 5.76 Å². The lowest BCUT2D eigenvalue weighted by atomic mass is 10.3. The lowest BCUT2D eigenvalue weighted by molar-refractivity contribution is -0.132. The van der Waals surface area contributed by atoms with E-state index in [1.807, 2.05) is 0 Å². The van der Waals surface area contributed by atoms with Crippen molar-refractivity contribution in [3.8, 4) is 0 Å². The number of carbonyl (C=O) groups is 1. The van der Waals surface area contributed by atoms with Crippen LogP contribution in [0, 0.1) is 0 Å². The highest BCUT2D eigenvalue weighted by atomic mass is 16.4. The predicted molar refractivity (Wildman–Crippen MR) is 40.8 cm³/mol. The van der Waals surface area contributed by atoms with Crippen LogP contribution < -0.4 is 5.73 Å². The molecule has 0 aliphatic rings. The van der Waals surface area contributed by atoms with Gasteiger partial charge in [-0.3, -0.25) is 0 Å². The number of aliphatic hydroxyl groups excluding tert-OH is 1. The van der Waals surface area contributed by atoms with Crippen LogP contribution >= 0.6 is 0 Å². The van der Waals surface area contributed by atoms with Crippen LogP contribution in [0.3, 0.4) is 0 Å². The summed E-state index contributed by atoms with van der Waals surface area (Å²) in [6.07, 6.45) is 3.92. The van der Waals surface area contributed by atoms with Crippen molar-refractivity contribution < 1.29 is 15.0 Å². The van der Waals surface area contributed by atoms with E-state index in [9.17, 15) is 4.79 Å². The first-order chi connectivity index (χ1) is 5.09. The Bertz CT molecular complexity index is 228. The first kappa shape index (κ1) is 9.29. The van der Waals surface area contributed by atoms with E-state index in [2.05, 4.69) is 6.58 Å². The number of aliphatic hydroxyl groups is 1. The summed E-state index contributed by atoms with van der Waals surface area (Å²) >= 11 is 0. The Morgan fingerprint density at radius 2 is 2.00 bits per heavy atom. The molecule has 11 heavy (non-hydrogen) atoms. The van der Waals surface area contributed by atoms with Crippen LogP contribution in [0.15, 0.2) is 36.3 Å². The average Bonchev–Trinajstić information content (AvgIpc) is 1.98. The molecule has 0 aromatic heterocycles. The molecule has 0 saturated heterocycles. The fourth-order valence-corrected chi connectivity index (χ4v) is 0.359. The third-order valence-corrected chi connectivity index (χ3v) is 0.897. The Morgan fingerprint density at radius 3 is 2.36 bits per heavy atom. The topological polar surface area (TPSA) is 83.5 Å². The second-order valence-corrected chi connectivity index (χ2v) is 1.70. The average molecular weight is 155 g/mol. The maximum absolute atomic E-state index is 10.1. The molecule has 0 aromatic rings. The summed E-state index contributed by atoms with van der Waals surface area (Å²) in [6, 6.07) is 0. The monoisotopic (exact) mass is 155 g/mol. The summed E-state index contributed by atoms with van der Waals surface area (Å²) in [5.74, 6) is -1.83. The molecule has 0 atom stereocenters. The molecule has 0 aromatic carbocycles. The molecular formula is C7H9NO3. The second-order valence-electron chi connectivity index (χ2n) is 1.70. The molecule has 0 saturated carbocycles. The lowest BCUT2D eigenvalue weighted by Crippen LogP contribution is -2.12.